The largest absolute Gasteiger partial charge is 0.495 e. The lowest BCUT2D eigenvalue weighted by Crippen LogP contribution is -2.44. The number of aromatic nitrogens is 1. The highest BCUT2D eigenvalue weighted by Gasteiger charge is 2.25. The molecule has 2 rings (SSSR count). The Hall–Kier alpha value is -2.96. The summed E-state index contributed by atoms with van der Waals surface area (Å²) in [6.45, 7) is 5.15. The number of ether oxygens (including phenoxy) is 2. The number of aliphatic carboxylic acids is 1. The molecular formula is C19H24N2O5. The van der Waals surface area contributed by atoms with Crippen LogP contribution in [0.5, 0.6) is 5.75 Å². The number of nitrogens with zero attached hydrogens (tertiary/aromatic N) is 1. The van der Waals surface area contributed by atoms with Crippen LogP contribution in [0.2, 0.25) is 0 Å². The van der Waals surface area contributed by atoms with Gasteiger partial charge >= 0.3 is 12.1 Å². The van der Waals surface area contributed by atoms with Gasteiger partial charge in [0.1, 0.15) is 17.4 Å². The van der Waals surface area contributed by atoms with E-state index in [1.165, 1.54) is 0 Å². The summed E-state index contributed by atoms with van der Waals surface area (Å²) in [4.78, 5) is 23.5. The highest BCUT2D eigenvalue weighted by molar-refractivity contribution is 5.80. The first-order valence-electron chi connectivity index (χ1n) is 8.23. The van der Waals surface area contributed by atoms with Gasteiger partial charge in [-0.15, -0.1) is 0 Å². The molecule has 0 aliphatic carbocycles. The number of carbonyl (C=O) groups is 2. The number of carbonyl (C=O) groups excluding carboxylic acids is 1. The van der Waals surface area contributed by atoms with E-state index in [0.29, 0.717) is 5.75 Å². The molecule has 2 N–H and O–H groups in total. The minimum atomic E-state index is -1.14. The highest BCUT2D eigenvalue weighted by Crippen LogP contribution is 2.24. The standard InChI is InChI=1S/C19H24N2O5/c1-19(2,3)26-18(24)20-14(17(22)23)12-13-8-7-11-21(13)15-9-5-6-10-16(15)25-4/h5-11,14H,12H2,1-4H3,(H,20,24)(H,22,23). The maximum atomic E-state index is 11.9. The van der Waals surface area contributed by atoms with E-state index in [1.807, 2.05) is 41.1 Å². The number of alkyl carbamates (subject to hydrolysis) is 1. The summed E-state index contributed by atoms with van der Waals surface area (Å²) < 4.78 is 12.4. The van der Waals surface area contributed by atoms with E-state index in [2.05, 4.69) is 5.32 Å². The zero-order chi connectivity index (χ0) is 19.3. The molecule has 0 bridgehead atoms. The molecule has 1 atom stereocenters. The molecule has 7 heteroatoms. The lowest BCUT2D eigenvalue weighted by atomic mass is 10.1. The van der Waals surface area contributed by atoms with Crippen LogP contribution < -0.4 is 10.1 Å². The average molecular weight is 360 g/mol. The van der Waals surface area contributed by atoms with Crippen molar-refractivity contribution in [3.05, 3.63) is 48.3 Å². The molecule has 140 valence electrons. The molecule has 0 fully saturated rings. The second kappa shape index (κ2) is 7.95. The van der Waals surface area contributed by atoms with Gasteiger partial charge in [0, 0.05) is 18.3 Å². The Kier molecular flexibility index (Phi) is 5.92. The third-order valence-electron chi connectivity index (χ3n) is 3.58. The van der Waals surface area contributed by atoms with Crippen molar-refractivity contribution in [3.63, 3.8) is 0 Å². The number of amides is 1. The molecule has 1 aromatic heterocycles. The van der Waals surface area contributed by atoms with Crippen molar-refractivity contribution in [3.8, 4) is 11.4 Å². The van der Waals surface area contributed by atoms with Gasteiger partial charge in [-0.05, 0) is 45.0 Å². The van der Waals surface area contributed by atoms with Crippen molar-refractivity contribution in [1.29, 1.82) is 0 Å². The van der Waals surface area contributed by atoms with Crippen LogP contribution >= 0.6 is 0 Å². The van der Waals surface area contributed by atoms with Gasteiger partial charge < -0.3 is 24.5 Å². The average Bonchev–Trinajstić information content (AvgIpc) is 3.00. The summed E-state index contributed by atoms with van der Waals surface area (Å²) in [5, 5.41) is 11.9. The zero-order valence-electron chi connectivity index (χ0n) is 15.4. The predicted molar refractivity (Wildman–Crippen MR) is 96.8 cm³/mol. The van der Waals surface area contributed by atoms with E-state index in [1.54, 1.807) is 33.9 Å². The Morgan fingerprint density at radius 2 is 1.88 bits per heavy atom. The number of para-hydroxylation sites is 2. The second-order valence-electron chi connectivity index (χ2n) is 6.78. The summed E-state index contributed by atoms with van der Waals surface area (Å²) in [5.41, 5.74) is 0.805. The van der Waals surface area contributed by atoms with Crippen LogP contribution in [0.15, 0.2) is 42.6 Å². The van der Waals surface area contributed by atoms with Crippen molar-refractivity contribution in [1.82, 2.24) is 9.88 Å². The molecule has 0 aliphatic rings. The first kappa shape index (κ1) is 19.4. The number of nitrogens with one attached hydrogen (secondary N) is 1. The van der Waals surface area contributed by atoms with Crippen molar-refractivity contribution in [2.24, 2.45) is 0 Å². The van der Waals surface area contributed by atoms with E-state index in [9.17, 15) is 14.7 Å². The second-order valence-corrected chi connectivity index (χ2v) is 6.78. The van der Waals surface area contributed by atoms with Crippen molar-refractivity contribution in [2.75, 3.05) is 7.11 Å². The molecule has 0 spiro atoms. The third kappa shape index (κ3) is 5.02. The zero-order valence-corrected chi connectivity index (χ0v) is 15.4. The molecule has 1 unspecified atom stereocenters. The molecule has 1 amide bonds. The summed E-state index contributed by atoms with van der Waals surface area (Å²) in [6, 6.07) is 9.93. The molecule has 1 aromatic carbocycles. The Bertz CT molecular complexity index is 776. The molecule has 7 nitrogen and oxygen atoms in total. The lowest BCUT2D eigenvalue weighted by Gasteiger charge is -2.22. The Morgan fingerprint density at radius 1 is 1.19 bits per heavy atom. The first-order valence-corrected chi connectivity index (χ1v) is 8.23. The smallest absolute Gasteiger partial charge is 0.408 e. The van der Waals surface area contributed by atoms with Crippen LogP contribution in [-0.4, -0.2) is 40.5 Å². The van der Waals surface area contributed by atoms with E-state index in [4.69, 9.17) is 9.47 Å². The third-order valence-corrected chi connectivity index (χ3v) is 3.58. The van der Waals surface area contributed by atoms with Crippen LogP contribution in [0.3, 0.4) is 0 Å². The molecule has 1 heterocycles. The number of benzene rings is 1. The molecular weight excluding hydrogens is 336 g/mol. The van der Waals surface area contributed by atoms with E-state index < -0.39 is 23.7 Å². The van der Waals surface area contributed by atoms with Crippen LogP contribution in [0, 0.1) is 0 Å². The summed E-state index contributed by atoms with van der Waals surface area (Å²) in [5.74, 6) is -0.472. The van der Waals surface area contributed by atoms with E-state index in [0.717, 1.165) is 11.4 Å². The van der Waals surface area contributed by atoms with Crippen molar-refractivity contribution in [2.45, 2.75) is 38.8 Å². The van der Waals surface area contributed by atoms with Crippen LogP contribution in [0.4, 0.5) is 4.79 Å². The van der Waals surface area contributed by atoms with Gasteiger partial charge in [-0.25, -0.2) is 9.59 Å². The summed E-state index contributed by atoms with van der Waals surface area (Å²) >= 11 is 0. The SMILES string of the molecule is COc1ccccc1-n1cccc1CC(NC(=O)OC(C)(C)C)C(=O)O. The Labute approximate surface area is 152 Å². The molecule has 0 radical (unpaired) electrons. The molecule has 0 saturated heterocycles. The van der Waals surface area contributed by atoms with Gasteiger partial charge in [0.2, 0.25) is 0 Å². The maximum absolute atomic E-state index is 11.9. The molecule has 2 aromatic rings. The molecule has 0 aliphatic heterocycles. The van der Waals surface area contributed by atoms with Gasteiger partial charge in [-0.2, -0.15) is 0 Å². The van der Waals surface area contributed by atoms with Gasteiger partial charge in [-0.3, -0.25) is 0 Å². The fourth-order valence-electron chi connectivity index (χ4n) is 2.51. The minimum absolute atomic E-state index is 0.0968. The predicted octanol–water partition coefficient (Wildman–Crippen LogP) is 3.01. The van der Waals surface area contributed by atoms with E-state index in [-0.39, 0.29) is 6.42 Å². The van der Waals surface area contributed by atoms with E-state index >= 15 is 0 Å². The maximum Gasteiger partial charge on any atom is 0.408 e. The quantitative estimate of drug-likeness (QED) is 0.826. The van der Waals surface area contributed by atoms with Gasteiger partial charge in [0.15, 0.2) is 0 Å². The highest BCUT2D eigenvalue weighted by atomic mass is 16.6. The molecule has 0 saturated carbocycles. The summed E-state index contributed by atoms with van der Waals surface area (Å²) in [6.07, 6.45) is 1.15. The first-order chi connectivity index (χ1) is 12.2. The number of rotatable bonds is 6. The number of carboxylic acid groups (broad SMARTS) is 1. The monoisotopic (exact) mass is 360 g/mol. The van der Waals surface area contributed by atoms with Crippen molar-refractivity contribution >= 4 is 12.1 Å². The van der Waals surface area contributed by atoms with Crippen molar-refractivity contribution < 1.29 is 24.2 Å². The molecule has 26 heavy (non-hydrogen) atoms. The van der Waals surface area contributed by atoms with Crippen LogP contribution in [-0.2, 0) is 16.0 Å². The fourth-order valence-corrected chi connectivity index (χ4v) is 2.51. The Balaban J connectivity index is 2.22. The summed E-state index contributed by atoms with van der Waals surface area (Å²) in [7, 11) is 1.58. The van der Waals surface area contributed by atoms with Gasteiger partial charge in [-0.1, -0.05) is 12.1 Å². The topological polar surface area (TPSA) is 89.8 Å². The van der Waals surface area contributed by atoms with Crippen LogP contribution in [0.25, 0.3) is 5.69 Å². The Morgan fingerprint density at radius 3 is 2.50 bits per heavy atom. The number of methoxy groups -OCH3 is 1. The number of hydrogen-bond acceptors (Lipinski definition) is 4. The fraction of sp³-hybridized carbons (Fsp3) is 0.368. The van der Waals surface area contributed by atoms with Gasteiger partial charge in [0.05, 0.1) is 12.8 Å². The lowest BCUT2D eigenvalue weighted by molar-refractivity contribution is -0.139. The number of hydrogen-bond donors (Lipinski definition) is 2. The van der Waals surface area contributed by atoms with Crippen LogP contribution in [0.1, 0.15) is 26.5 Å². The normalized spacial score (nSPS) is 12.3. The number of carboxylic acids is 1. The minimum Gasteiger partial charge on any atom is -0.495 e. The van der Waals surface area contributed by atoms with Gasteiger partial charge in [0.25, 0.3) is 0 Å².